The van der Waals surface area contributed by atoms with Crippen molar-refractivity contribution in [1.29, 1.82) is 0 Å². The van der Waals surface area contributed by atoms with Crippen LogP contribution in [0.15, 0.2) is 24.3 Å². The van der Waals surface area contributed by atoms with Crippen molar-refractivity contribution in [2.24, 2.45) is 5.73 Å². The average molecular weight is 337 g/mol. The molecule has 1 saturated heterocycles. The van der Waals surface area contributed by atoms with Crippen molar-refractivity contribution >= 4 is 29.1 Å². The quantitative estimate of drug-likeness (QED) is 0.856. The summed E-state index contributed by atoms with van der Waals surface area (Å²) in [6.07, 6.45) is 1.57. The SMILES string of the molecule is NC1(C(=O)N2CCN(CC(=O)Nc3ccccc3Cl)CC2)CC1. The van der Waals surface area contributed by atoms with Gasteiger partial charge in [-0.25, -0.2) is 0 Å². The fourth-order valence-electron chi connectivity index (χ4n) is 2.73. The van der Waals surface area contributed by atoms with E-state index in [2.05, 4.69) is 5.32 Å². The van der Waals surface area contributed by atoms with Crippen LogP contribution in [0.25, 0.3) is 0 Å². The van der Waals surface area contributed by atoms with E-state index in [-0.39, 0.29) is 11.8 Å². The van der Waals surface area contributed by atoms with Crippen molar-refractivity contribution in [2.75, 3.05) is 38.0 Å². The number of halogens is 1. The monoisotopic (exact) mass is 336 g/mol. The molecule has 2 aliphatic rings. The van der Waals surface area contributed by atoms with Crippen molar-refractivity contribution in [1.82, 2.24) is 9.80 Å². The van der Waals surface area contributed by atoms with E-state index < -0.39 is 5.54 Å². The first-order chi connectivity index (χ1) is 11.0. The lowest BCUT2D eigenvalue weighted by atomic mass is 10.2. The molecule has 1 aromatic carbocycles. The van der Waals surface area contributed by atoms with E-state index >= 15 is 0 Å². The Morgan fingerprint density at radius 2 is 1.83 bits per heavy atom. The first kappa shape index (κ1) is 16.2. The molecule has 0 unspecified atom stereocenters. The average Bonchev–Trinajstić information content (AvgIpc) is 3.29. The van der Waals surface area contributed by atoms with Gasteiger partial charge in [-0.1, -0.05) is 23.7 Å². The van der Waals surface area contributed by atoms with Crippen LogP contribution in [0, 0.1) is 0 Å². The van der Waals surface area contributed by atoms with Crippen LogP contribution in [0.3, 0.4) is 0 Å². The number of nitrogens with one attached hydrogen (secondary N) is 1. The number of amides is 2. The van der Waals surface area contributed by atoms with E-state index in [1.165, 1.54) is 0 Å². The highest BCUT2D eigenvalue weighted by Gasteiger charge is 2.48. The number of carbonyl (C=O) groups excluding carboxylic acids is 2. The van der Waals surface area contributed by atoms with Gasteiger partial charge in [-0.3, -0.25) is 14.5 Å². The first-order valence-electron chi connectivity index (χ1n) is 7.83. The Kier molecular flexibility index (Phi) is 4.57. The summed E-state index contributed by atoms with van der Waals surface area (Å²) in [6.45, 7) is 2.89. The van der Waals surface area contributed by atoms with Gasteiger partial charge in [0.25, 0.3) is 0 Å². The number of carbonyl (C=O) groups is 2. The lowest BCUT2D eigenvalue weighted by Gasteiger charge is -2.35. The van der Waals surface area contributed by atoms with Crippen LogP contribution in [-0.4, -0.2) is 59.9 Å². The lowest BCUT2D eigenvalue weighted by Crippen LogP contribution is -2.55. The molecule has 1 heterocycles. The summed E-state index contributed by atoms with van der Waals surface area (Å²) in [7, 11) is 0. The van der Waals surface area contributed by atoms with Crippen LogP contribution in [0.1, 0.15) is 12.8 Å². The van der Waals surface area contributed by atoms with Crippen LogP contribution in [0.2, 0.25) is 5.02 Å². The second-order valence-corrected chi connectivity index (χ2v) is 6.66. The highest BCUT2D eigenvalue weighted by atomic mass is 35.5. The number of hydrogen-bond acceptors (Lipinski definition) is 4. The molecule has 124 valence electrons. The summed E-state index contributed by atoms with van der Waals surface area (Å²) in [5, 5.41) is 3.33. The molecule has 6 nitrogen and oxygen atoms in total. The molecule has 7 heteroatoms. The zero-order chi connectivity index (χ0) is 16.4. The number of nitrogens with two attached hydrogens (primary N) is 1. The number of nitrogens with zero attached hydrogens (tertiary/aromatic N) is 2. The molecule has 1 aliphatic heterocycles. The number of benzene rings is 1. The number of rotatable bonds is 4. The molecule has 0 atom stereocenters. The van der Waals surface area contributed by atoms with Gasteiger partial charge in [-0.2, -0.15) is 0 Å². The van der Waals surface area contributed by atoms with E-state index in [9.17, 15) is 9.59 Å². The van der Waals surface area contributed by atoms with Gasteiger partial charge in [0.2, 0.25) is 11.8 Å². The fraction of sp³-hybridized carbons (Fsp3) is 0.500. The zero-order valence-electron chi connectivity index (χ0n) is 12.9. The largest absolute Gasteiger partial charge is 0.339 e. The van der Waals surface area contributed by atoms with Gasteiger partial charge in [0.05, 0.1) is 22.8 Å². The normalized spacial score (nSPS) is 20.2. The smallest absolute Gasteiger partial charge is 0.242 e. The highest BCUT2D eigenvalue weighted by molar-refractivity contribution is 6.33. The third kappa shape index (κ3) is 3.83. The van der Waals surface area contributed by atoms with Gasteiger partial charge < -0.3 is 16.0 Å². The summed E-state index contributed by atoms with van der Waals surface area (Å²) in [5.41, 5.74) is 5.96. The molecule has 3 rings (SSSR count). The third-order valence-electron chi connectivity index (χ3n) is 4.39. The Balaban J connectivity index is 1.46. The molecule has 0 radical (unpaired) electrons. The minimum absolute atomic E-state index is 0.0534. The van der Waals surface area contributed by atoms with E-state index in [0.717, 1.165) is 12.8 Å². The molecule has 1 aliphatic carbocycles. The number of piperazine rings is 1. The summed E-state index contributed by atoms with van der Waals surface area (Å²) in [6, 6.07) is 7.15. The Labute approximate surface area is 140 Å². The van der Waals surface area contributed by atoms with Crippen molar-refractivity contribution in [3.8, 4) is 0 Å². The van der Waals surface area contributed by atoms with Crippen LogP contribution in [0.5, 0.6) is 0 Å². The number of anilines is 1. The Morgan fingerprint density at radius 1 is 1.17 bits per heavy atom. The fourth-order valence-corrected chi connectivity index (χ4v) is 2.91. The maximum atomic E-state index is 12.2. The lowest BCUT2D eigenvalue weighted by molar-refractivity contribution is -0.135. The van der Waals surface area contributed by atoms with Crippen molar-refractivity contribution in [2.45, 2.75) is 18.4 Å². The molecule has 1 saturated carbocycles. The van der Waals surface area contributed by atoms with E-state index in [4.69, 9.17) is 17.3 Å². The third-order valence-corrected chi connectivity index (χ3v) is 4.72. The molecule has 0 aromatic heterocycles. The predicted molar refractivity (Wildman–Crippen MR) is 89.3 cm³/mol. The first-order valence-corrected chi connectivity index (χ1v) is 8.21. The molecule has 0 spiro atoms. The number of para-hydroxylation sites is 1. The van der Waals surface area contributed by atoms with E-state index in [1.807, 2.05) is 21.9 Å². The Bertz CT molecular complexity index is 610. The van der Waals surface area contributed by atoms with Crippen LogP contribution >= 0.6 is 11.6 Å². The highest BCUT2D eigenvalue weighted by Crippen LogP contribution is 2.34. The topological polar surface area (TPSA) is 78.7 Å². The maximum absolute atomic E-state index is 12.2. The summed E-state index contributed by atoms with van der Waals surface area (Å²) in [5.74, 6) is -0.0481. The standard InChI is InChI=1S/C16H21ClN4O2/c17-12-3-1-2-4-13(12)19-14(22)11-20-7-9-21(10-8-20)15(23)16(18)5-6-16/h1-4H,5-11,18H2,(H,19,22). The molecule has 2 fully saturated rings. The Hall–Kier alpha value is -1.63. The molecular formula is C16H21ClN4O2. The predicted octanol–water partition coefficient (Wildman–Crippen LogP) is 0.914. The molecule has 2 amide bonds. The molecule has 3 N–H and O–H groups in total. The minimum atomic E-state index is -0.608. The van der Waals surface area contributed by atoms with E-state index in [1.54, 1.807) is 12.1 Å². The van der Waals surface area contributed by atoms with Crippen LogP contribution < -0.4 is 11.1 Å². The minimum Gasteiger partial charge on any atom is -0.339 e. The van der Waals surface area contributed by atoms with Gasteiger partial charge in [-0.15, -0.1) is 0 Å². The van der Waals surface area contributed by atoms with Crippen molar-refractivity contribution in [3.05, 3.63) is 29.3 Å². The van der Waals surface area contributed by atoms with Gasteiger partial charge in [0, 0.05) is 26.2 Å². The van der Waals surface area contributed by atoms with E-state index in [0.29, 0.717) is 43.4 Å². The maximum Gasteiger partial charge on any atom is 0.242 e. The molecule has 1 aromatic rings. The summed E-state index contributed by atoms with van der Waals surface area (Å²) in [4.78, 5) is 28.1. The van der Waals surface area contributed by atoms with Gasteiger partial charge in [0.1, 0.15) is 0 Å². The zero-order valence-corrected chi connectivity index (χ0v) is 13.7. The van der Waals surface area contributed by atoms with Gasteiger partial charge >= 0.3 is 0 Å². The summed E-state index contributed by atoms with van der Waals surface area (Å²) >= 11 is 6.03. The van der Waals surface area contributed by atoms with Crippen molar-refractivity contribution < 1.29 is 9.59 Å². The number of hydrogen-bond donors (Lipinski definition) is 2. The van der Waals surface area contributed by atoms with Crippen LogP contribution in [-0.2, 0) is 9.59 Å². The van der Waals surface area contributed by atoms with Gasteiger partial charge in [-0.05, 0) is 25.0 Å². The second kappa shape index (κ2) is 6.47. The van der Waals surface area contributed by atoms with Gasteiger partial charge in [0.15, 0.2) is 0 Å². The summed E-state index contributed by atoms with van der Waals surface area (Å²) < 4.78 is 0. The van der Waals surface area contributed by atoms with Crippen LogP contribution in [0.4, 0.5) is 5.69 Å². The van der Waals surface area contributed by atoms with Crippen molar-refractivity contribution in [3.63, 3.8) is 0 Å². The molecule has 23 heavy (non-hydrogen) atoms. The Morgan fingerprint density at radius 3 is 2.43 bits per heavy atom. The molecular weight excluding hydrogens is 316 g/mol. The molecule has 0 bridgehead atoms. The second-order valence-electron chi connectivity index (χ2n) is 6.25.